The summed E-state index contributed by atoms with van der Waals surface area (Å²) in [6.07, 6.45) is -4.81. The predicted octanol–water partition coefficient (Wildman–Crippen LogP) is 3.06. The van der Waals surface area contributed by atoms with Gasteiger partial charge in [0.25, 0.3) is 0 Å². The number of hydrogen-bond acceptors (Lipinski definition) is 6. The summed E-state index contributed by atoms with van der Waals surface area (Å²) in [6, 6.07) is 8.23. The molecule has 2 rings (SSSR count). The summed E-state index contributed by atoms with van der Waals surface area (Å²) >= 11 is 0. The number of halogens is 3. The Morgan fingerprint density at radius 1 is 1.13 bits per heavy atom. The molecule has 0 aliphatic carbocycles. The van der Waals surface area contributed by atoms with Gasteiger partial charge in [-0.2, -0.15) is 26.7 Å². The average Bonchev–Trinajstić information content (AvgIpc) is 2.61. The zero-order valence-corrected chi connectivity index (χ0v) is 17.0. The number of hydrogen-bond donors (Lipinski definition) is 2. The molecule has 0 saturated heterocycles. The fourth-order valence-corrected chi connectivity index (χ4v) is 3.32. The number of nitrogens with two attached hydrogens (primary N) is 2. The van der Waals surface area contributed by atoms with Crippen LogP contribution in [0.5, 0.6) is 11.5 Å². The smallest absolute Gasteiger partial charge is 0.417 e. The molecule has 0 aliphatic heterocycles. The van der Waals surface area contributed by atoms with E-state index in [1.807, 2.05) is 0 Å². The summed E-state index contributed by atoms with van der Waals surface area (Å²) < 4.78 is 73.7. The van der Waals surface area contributed by atoms with Gasteiger partial charge in [-0.3, -0.25) is 0 Å². The molecule has 8 nitrogen and oxygen atoms in total. The second-order valence-electron chi connectivity index (χ2n) is 5.61. The zero-order chi connectivity index (χ0) is 22.9. The lowest BCUT2D eigenvalue weighted by Crippen LogP contribution is -2.21. The number of guanidine groups is 1. The van der Waals surface area contributed by atoms with E-state index in [0.717, 1.165) is 12.1 Å². The van der Waals surface area contributed by atoms with Crippen LogP contribution in [0, 0.1) is 6.92 Å². The third kappa shape index (κ3) is 7.62. The summed E-state index contributed by atoms with van der Waals surface area (Å²) in [7, 11) is -4.65. The highest BCUT2D eigenvalue weighted by Crippen LogP contribution is 2.35. The van der Waals surface area contributed by atoms with Gasteiger partial charge in [-0.25, -0.2) is 0 Å². The van der Waals surface area contributed by atoms with E-state index in [4.69, 9.17) is 20.4 Å². The average molecular weight is 446 g/mol. The van der Waals surface area contributed by atoms with E-state index in [1.165, 1.54) is 18.2 Å². The molecule has 4 N–H and O–H groups in total. The minimum Gasteiger partial charge on any atom is -0.494 e. The van der Waals surface area contributed by atoms with Crippen LogP contribution in [0.15, 0.2) is 57.6 Å². The topological polar surface area (TPSA) is 129 Å². The molecular formula is C18H21F3N4O4S. The number of aryl methyl sites for hydroxylation is 1. The van der Waals surface area contributed by atoms with Crippen LogP contribution in [0.2, 0.25) is 0 Å². The standard InChI is InChI=1S/C16H15F3O4S.C2H6N4/c1-3-22-12-8-11(2)9-13(10-12)23-24(20,21)15-7-5-4-6-14(15)16(17,18)19;1-5-6-2(3)4/h4-10H,3H2,1-2H3;1H2,(H4,3,4,6). The first-order valence-corrected chi connectivity index (χ1v) is 9.71. The number of benzene rings is 2. The minimum atomic E-state index is -4.81. The summed E-state index contributed by atoms with van der Waals surface area (Å²) in [4.78, 5) is -0.933. The molecule has 164 valence electrons. The molecule has 30 heavy (non-hydrogen) atoms. The third-order valence-corrected chi connectivity index (χ3v) is 4.50. The maximum Gasteiger partial charge on any atom is 0.417 e. The van der Waals surface area contributed by atoms with Gasteiger partial charge in [0.2, 0.25) is 5.96 Å². The number of rotatable bonds is 6. The van der Waals surface area contributed by atoms with Crippen molar-refractivity contribution in [3.05, 3.63) is 53.6 Å². The van der Waals surface area contributed by atoms with E-state index in [1.54, 1.807) is 19.9 Å². The highest BCUT2D eigenvalue weighted by molar-refractivity contribution is 7.87. The lowest BCUT2D eigenvalue weighted by molar-refractivity contribution is -0.139. The van der Waals surface area contributed by atoms with Gasteiger partial charge in [0.05, 0.1) is 12.2 Å². The van der Waals surface area contributed by atoms with Crippen molar-refractivity contribution in [2.75, 3.05) is 6.61 Å². The van der Waals surface area contributed by atoms with Crippen molar-refractivity contribution >= 4 is 22.8 Å². The van der Waals surface area contributed by atoms with E-state index >= 15 is 0 Å². The molecule has 0 aliphatic rings. The molecule has 0 fully saturated rings. The number of ether oxygens (including phenoxy) is 1. The Morgan fingerprint density at radius 3 is 2.23 bits per heavy atom. The Labute approximate surface area is 172 Å². The van der Waals surface area contributed by atoms with Crippen molar-refractivity contribution in [3.63, 3.8) is 0 Å². The molecule has 0 heterocycles. The molecule has 0 atom stereocenters. The molecule has 0 aromatic heterocycles. The van der Waals surface area contributed by atoms with Gasteiger partial charge in [-0.05, 0) is 43.7 Å². The van der Waals surface area contributed by atoms with Crippen LogP contribution in [0.3, 0.4) is 0 Å². The molecule has 0 amide bonds. The minimum absolute atomic E-state index is 0.0648. The Kier molecular flexibility index (Phi) is 8.65. The fourth-order valence-electron chi connectivity index (χ4n) is 2.18. The van der Waals surface area contributed by atoms with Gasteiger partial charge in [0.1, 0.15) is 16.4 Å². The van der Waals surface area contributed by atoms with Gasteiger partial charge in [-0.15, -0.1) is 5.10 Å². The van der Waals surface area contributed by atoms with Gasteiger partial charge < -0.3 is 20.4 Å². The summed E-state index contributed by atoms with van der Waals surface area (Å²) in [5.41, 5.74) is 8.97. The largest absolute Gasteiger partial charge is 0.494 e. The molecule has 0 bridgehead atoms. The zero-order valence-electron chi connectivity index (χ0n) is 16.2. The van der Waals surface area contributed by atoms with Gasteiger partial charge in [0.15, 0.2) is 0 Å². The monoisotopic (exact) mass is 446 g/mol. The number of alkyl halides is 3. The first-order valence-electron chi connectivity index (χ1n) is 8.30. The van der Waals surface area contributed by atoms with Crippen molar-refractivity contribution in [1.29, 1.82) is 0 Å². The SMILES string of the molecule is C=NN=C(N)N.CCOc1cc(C)cc(OS(=O)(=O)c2ccccc2C(F)(F)F)c1. The first kappa shape index (κ1) is 24.8. The third-order valence-electron chi connectivity index (χ3n) is 3.19. The van der Waals surface area contributed by atoms with Crippen LogP contribution < -0.4 is 20.4 Å². The van der Waals surface area contributed by atoms with Crippen LogP contribution in [-0.2, 0) is 16.3 Å². The van der Waals surface area contributed by atoms with E-state index in [-0.39, 0.29) is 11.7 Å². The van der Waals surface area contributed by atoms with Gasteiger partial charge >= 0.3 is 16.3 Å². The Morgan fingerprint density at radius 2 is 1.73 bits per heavy atom. The predicted molar refractivity (Wildman–Crippen MR) is 107 cm³/mol. The highest BCUT2D eigenvalue weighted by atomic mass is 32.2. The normalized spacial score (nSPS) is 11.0. The summed E-state index contributed by atoms with van der Waals surface area (Å²) in [6.45, 7) is 6.79. The molecule has 0 saturated carbocycles. The molecule has 2 aromatic carbocycles. The van der Waals surface area contributed by atoms with Crippen LogP contribution in [0.25, 0.3) is 0 Å². The van der Waals surface area contributed by atoms with E-state index < -0.39 is 26.8 Å². The van der Waals surface area contributed by atoms with Crippen molar-refractivity contribution < 1.29 is 30.5 Å². The second kappa shape index (κ2) is 10.5. The van der Waals surface area contributed by atoms with Gasteiger partial charge in [-0.1, -0.05) is 12.1 Å². The van der Waals surface area contributed by atoms with Crippen molar-refractivity contribution in [1.82, 2.24) is 0 Å². The molecule has 0 radical (unpaired) electrons. The fraction of sp³-hybridized carbons (Fsp3) is 0.222. The Hall–Kier alpha value is -3.28. The lowest BCUT2D eigenvalue weighted by Gasteiger charge is -2.14. The van der Waals surface area contributed by atoms with Gasteiger partial charge in [0, 0.05) is 12.8 Å². The lowest BCUT2D eigenvalue weighted by atomic mass is 10.2. The second-order valence-corrected chi connectivity index (χ2v) is 7.13. The van der Waals surface area contributed by atoms with E-state index in [9.17, 15) is 21.6 Å². The van der Waals surface area contributed by atoms with Crippen molar-refractivity contribution in [2.45, 2.75) is 24.9 Å². The Balaban J connectivity index is 0.000000656. The van der Waals surface area contributed by atoms with E-state index in [0.29, 0.717) is 24.0 Å². The quantitative estimate of drug-likeness (QED) is 0.304. The van der Waals surface area contributed by atoms with Crippen molar-refractivity contribution in [2.24, 2.45) is 21.7 Å². The maximum atomic E-state index is 13.0. The molecule has 2 aromatic rings. The molecule has 0 spiro atoms. The molecular weight excluding hydrogens is 425 g/mol. The summed E-state index contributed by atoms with van der Waals surface area (Å²) in [5.74, 6) is 0.187. The Bertz CT molecular complexity index is 1000. The molecule has 12 heteroatoms. The van der Waals surface area contributed by atoms with Crippen molar-refractivity contribution in [3.8, 4) is 11.5 Å². The van der Waals surface area contributed by atoms with Crippen LogP contribution >= 0.6 is 0 Å². The highest BCUT2D eigenvalue weighted by Gasteiger charge is 2.37. The van der Waals surface area contributed by atoms with Crippen LogP contribution in [0.4, 0.5) is 13.2 Å². The summed E-state index contributed by atoms with van der Waals surface area (Å²) in [5, 5.41) is 6.13. The number of nitrogens with zero attached hydrogens (tertiary/aromatic N) is 2. The first-order chi connectivity index (χ1) is 13.9. The van der Waals surface area contributed by atoms with Crippen LogP contribution in [-0.4, -0.2) is 27.7 Å². The molecule has 0 unspecified atom stereocenters. The maximum absolute atomic E-state index is 13.0. The van der Waals surface area contributed by atoms with E-state index in [2.05, 4.69) is 16.9 Å². The van der Waals surface area contributed by atoms with Crippen LogP contribution in [0.1, 0.15) is 18.1 Å².